The van der Waals surface area contributed by atoms with Crippen LogP contribution in [0, 0.1) is 5.82 Å². The Hall–Kier alpha value is -4.61. The van der Waals surface area contributed by atoms with E-state index in [1.165, 1.54) is 48.5 Å². The number of nitrogens with one attached hydrogen (secondary N) is 3. The Labute approximate surface area is 259 Å². The van der Waals surface area contributed by atoms with Gasteiger partial charge in [0.15, 0.2) is 0 Å². The van der Waals surface area contributed by atoms with Crippen molar-refractivity contribution in [3.8, 4) is 0 Å². The van der Waals surface area contributed by atoms with Crippen molar-refractivity contribution in [2.45, 2.75) is 23.2 Å². The molecular weight excluding hydrogens is 618 g/mol. The quantitative estimate of drug-likeness (QED) is 0.0981. The van der Waals surface area contributed by atoms with Gasteiger partial charge in [-0.05, 0) is 73.7 Å². The summed E-state index contributed by atoms with van der Waals surface area (Å²) in [5.74, 6) is -2.68. The van der Waals surface area contributed by atoms with Gasteiger partial charge in [0.1, 0.15) is 11.5 Å². The van der Waals surface area contributed by atoms with E-state index < -0.39 is 40.5 Å². The molecule has 4 rings (SSSR count). The lowest BCUT2D eigenvalue weighted by Crippen LogP contribution is -2.30. The first kappa shape index (κ1) is 32.3. The summed E-state index contributed by atoms with van der Waals surface area (Å²) >= 11 is 7.23. The van der Waals surface area contributed by atoms with Gasteiger partial charge in [0, 0.05) is 21.7 Å². The molecule has 0 radical (unpaired) electrons. The lowest BCUT2D eigenvalue weighted by Gasteiger charge is -2.16. The maximum atomic E-state index is 14.5. The number of halogens is 5. The standard InChI is InChI=1S/C32H24ClF4N3O3S/c1-19(29(41)39-27-13-6-5-10-24(27)32(35,36)37)44-22-16-14-21(15-17-22)38-31(43)28(18-23-25(33)11-7-12-26(23)34)40-30(42)20-8-3-2-4-9-20/h2-19H,1H3,(H,38,43)(H,39,41)(H,40,42)/b28-18-. The Morgan fingerprint density at radius 1 is 0.841 bits per heavy atom. The molecule has 0 saturated carbocycles. The Morgan fingerprint density at radius 3 is 2.16 bits per heavy atom. The molecule has 3 N–H and O–H groups in total. The van der Waals surface area contributed by atoms with Gasteiger partial charge < -0.3 is 16.0 Å². The monoisotopic (exact) mass is 641 g/mol. The van der Waals surface area contributed by atoms with Gasteiger partial charge in [0.05, 0.1) is 21.5 Å². The minimum Gasteiger partial charge on any atom is -0.325 e. The fourth-order valence-corrected chi connectivity index (χ4v) is 4.97. The number of alkyl halides is 3. The maximum Gasteiger partial charge on any atom is 0.418 e. The summed E-state index contributed by atoms with van der Waals surface area (Å²) in [5.41, 5.74) is -1.06. The van der Waals surface area contributed by atoms with E-state index in [4.69, 9.17) is 11.6 Å². The number of carbonyl (C=O) groups excluding carboxylic acids is 3. The van der Waals surface area contributed by atoms with E-state index in [1.54, 1.807) is 49.4 Å². The van der Waals surface area contributed by atoms with Crippen molar-refractivity contribution in [2.75, 3.05) is 10.6 Å². The van der Waals surface area contributed by atoms with E-state index >= 15 is 0 Å². The SMILES string of the molecule is CC(Sc1ccc(NC(=O)/C(=C/c2c(F)cccc2Cl)NC(=O)c2ccccc2)cc1)C(=O)Nc1ccccc1C(F)(F)F. The van der Waals surface area contributed by atoms with Crippen molar-refractivity contribution in [3.05, 3.63) is 130 Å². The molecule has 3 amide bonds. The second-order valence-corrected chi connectivity index (χ2v) is 11.1. The summed E-state index contributed by atoms with van der Waals surface area (Å²) in [6.07, 6.45) is -3.49. The van der Waals surface area contributed by atoms with Crippen LogP contribution in [0.5, 0.6) is 0 Å². The van der Waals surface area contributed by atoms with Gasteiger partial charge in [-0.2, -0.15) is 13.2 Å². The molecule has 0 aliphatic rings. The predicted molar refractivity (Wildman–Crippen MR) is 164 cm³/mol. The predicted octanol–water partition coefficient (Wildman–Crippen LogP) is 8.03. The summed E-state index contributed by atoms with van der Waals surface area (Å²) < 4.78 is 54.3. The second kappa shape index (κ2) is 14.2. The van der Waals surface area contributed by atoms with Crippen LogP contribution in [0.15, 0.2) is 108 Å². The molecule has 44 heavy (non-hydrogen) atoms. The van der Waals surface area contributed by atoms with Crippen molar-refractivity contribution in [1.82, 2.24) is 5.32 Å². The number of rotatable bonds is 9. The van der Waals surface area contributed by atoms with Crippen LogP contribution in [0.25, 0.3) is 6.08 Å². The highest BCUT2D eigenvalue weighted by Gasteiger charge is 2.34. The van der Waals surface area contributed by atoms with Crippen molar-refractivity contribution in [3.63, 3.8) is 0 Å². The molecule has 0 saturated heterocycles. The van der Waals surface area contributed by atoms with Crippen LogP contribution >= 0.6 is 23.4 Å². The topological polar surface area (TPSA) is 87.3 Å². The molecule has 0 spiro atoms. The third-order valence-corrected chi connectivity index (χ3v) is 7.54. The third kappa shape index (κ3) is 8.48. The Bertz CT molecular complexity index is 1680. The molecule has 0 aliphatic heterocycles. The summed E-state index contributed by atoms with van der Waals surface area (Å²) in [6.45, 7) is 1.55. The van der Waals surface area contributed by atoms with Gasteiger partial charge in [-0.15, -0.1) is 11.8 Å². The lowest BCUT2D eigenvalue weighted by atomic mass is 10.1. The van der Waals surface area contributed by atoms with Crippen molar-refractivity contribution < 1.29 is 31.9 Å². The number of anilines is 2. The van der Waals surface area contributed by atoms with Crippen molar-refractivity contribution >= 4 is 58.5 Å². The number of thioether (sulfide) groups is 1. The van der Waals surface area contributed by atoms with Crippen LogP contribution < -0.4 is 16.0 Å². The van der Waals surface area contributed by atoms with Crippen LogP contribution in [-0.4, -0.2) is 23.0 Å². The molecule has 12 heteroatoms. The molecule has 0 heterocycles. The molecule has 0 aromatic heterocycles. The molecule has 1 atom stereocenters. The van der Waals surface area contributed by atoms with E-state index in [0.29, 0.717) is 10.6 Å². The zero-order chi connectivity index (χ0) is 31.9. The van der Waals surface area contributed by atoms with E-state index in [0.717, 1.165) is 23.9 Å². The summed E-state index contributed by atoms with van der Waals surface area (Å²) in [7, 11) is 0. The third-order valence-electron chi connectivity index (χ3n) is 6.10. The molecule has 4 aromatic carbocycles. The van der Waals surface area contributed by atoms with E-state index in [1.807, 2.05) is 0 Å². The van der Waals surface area contributed by atoms with Crippen molar-refractivity contribution in [2.24, 2.45) is 0 Å². The molecule has 4 aromatic rings. The summed E-state index contributed by atoms with van der Waals surface area (Å²) in [4.78, 5) is 39.3. The van der Waals surface area contributed by atoms with Gasteiger partial charge in [0.25, 0.3) is 11.8 Å². The number of hydrogen-bond acceptors (Lipinski definition) is 4. The van der Waals surface area contributed by atoms with Gasteiger partial charge in [0.2, 0.25) is 5.91 Å². The van der Waals surface area contributed by atoms with Crippen LogP contribution in [0.2, 0.25) is 5.02 Å². The fourth-order valence-electron chi connectivity index (χ4n) is 3.88. The highest BCUT2D eigenvalue weighted by atomic mass is 35.5. The van der Waals surface area contributed by atoms with Gasteiger partial charge >= 0.3 is 6.18 Å². The van der Waals surface area contributed by atoms with Crippen LogP contribution in [-0.2, 0) is 15.8 Å². The fraction of sp³-hybridized carbons (Fsp3) is 0.0938. The smallest absolute Gasteiger partial charge is 0.325 e. The Balaban J connectivity index is 1.46. The number of para-hydroxylation sites is 1. The molecule has 0 aliphatic carbocycles. The summed E-state index contributed by atoms with van der Waals surface area (Å²) in [6, 6.07) is 23.1. The molecule has 226 valence electrons. The van der Waals surface area contributed by atoms with E-state index in [-0.39, 0.29) is 27.5 Å². The average Bonchev–Trinajstić information content (AvgIpc) is 2.99. The average molecular weight is 642 g/mol. The first-order valence-corrected chi connectivity index (χ1v) is 14.3. The normalized spacial score (nSPS) is 12.3. The van der Waals surface area contributed by atoms with Crippen LogP contribution in [0.4, 0.5) is 28.9 Å². The summed E-state index contributed by atoms with van der Waals surface area (Å²) in [5, 5.41) is 6.74. The minimum absolute atomic E-state index is 0.0330. The van der Waals surface area contributed by atoms with Crippen LogP contribution in [0.1, 0.15) is 28.4 Å². The van der Waals surface area contributed by atoms with E-state index in [9.17, 15) is 31.9 Å². The Morgan fingerprint density at radius 2 is 1.50 bits per heavy atom. The number of carbonyl (C=O) groups is 3. The van der Waals surface area contributed by atoms with Crippen LogP contribution in [0.3, 0.4) is 0 Å². The highest BCUT2D eigenvalue weighted by Crippen LogP contribution is 2.35. The molecule has 0 fully saturated rings. The van der Waals surface area contributed by atoms with Gasteiger partial charge in [-0.3, -0.25) is 14.4 Å². The number of amides is 3. The lowest BCUT2D eigenvalue weighted by molar-refractivity contribution is -0.137. The zero-order valence-electron chi connectivity index (χ0n) is 22.9. The first-order chi connectivity index (χ1) is 20.9. The maximum absolute atomic E-state index is 14.5. The molecule has 0 bridgehead atoms. The Kier molecular flexibility index (Phi) is 10.5. The second-order valence-electron chi connectivity index (χ2n) is 9.28. The number of hydrogen-bond donors (Lipinski definition) is 3. The molecular formula is C32H24ClF4N3O3S. The van der Waals surface area contributed by atoms with Gasteiger partial charge in [-0.1, -0.05) is 48.0 Å². The van der Waals surface area contributed by atoms with Crippen molar-refractivity contribution in [1.29, 1.82) is 0 Å². The minimum atomic E-state index is -4.62. The zero-order valence-corrected chi connectivity index (χ0v) is 24.5. The molecule has 1 unspecified atom stereocenters. The first-order valence-electron chi connectivity index (χ1n) is 13.0. The number of benzene rings is 4. The van der Waals surface area contributed by atoms with E-state index in [2.05, 4.69) is 16.0 Å². The largest absolute Gasteiger partial charge is 0.418 e. The highest BCUT2D eigenvalue weighted by molar-refractivity contribution is 8.00. The molecule has 6 nitrogen and oxygen atoms in total. The van der Waals surface area contributed by atoms with Gasteiger partial charge in [-0.25, -0.2) is 4.39 Å².